The fraction of sp³-hybridized carbons (Fsp3) is 0.588. The highest BCUT2D eigenvalue weighted by Gasteiger charge is 2.26. The molecule has 0 unspecified atom stereocenters. The number of rotatable bonds is 6. The molecule has 1 aliphatic rings. The lowest BCUT2D eigenvalue weighted by Gasteiger charge is -2.27. The molecule has 2 aromatic heterocycles. The molecule has 0 saturated carbocycles. The van der Waals surface area contributed by atoms with Crippen LogP contribution in [0.1, 0.15) is 22.5 Å². The molecule has 2 aromatic rings. The maximum absolute atomic E-state index is 12.8. The van der Waals surface area contributed by atoms with E-state index in [1.54, 1.807) is 17.3 Å². The summed E-state index contributed by atoms with van der Waals surface area (Å²) in [4.78, 5) is 16.8. The third-order valence-corrected chi connectivity index (χ3v) is 4.60. The largest absolute Gasteiger partial charge is 0.340 e. The Morgan fingerprint density at radius 3 is 2.88 bits per heavy atom. The lowest BCUT2D eigenvalue weighted by atomic mass is 9.94. The molecule has 0 N–H and O–H groups in total. The molecule has 1 atom stereocenters. The predicted molar refractivity (Wildman–Crippen MR) is 91.8 cm³/mol. The minimum atomic E-state index is 0.0499. The first-order valence-corrected chi connectivity index (χ1v) is 8.47. The molecule has 24 heavy (non-hydrogen) atoms. The van der Waals surface area contributed by atoms with E-state index in [0.29, 0.717) is 19.0 Å². The summed E-state index contributed by atoms with van der Waals surface area (Å²) in [5.41, 5.74) is 1.84. The van der Waals surface area contributed by atoms with Crippen molar-refractivity contribution in [3.8, 4) is 0 Å². The molecule has 1 aliphatic heterocycles. The number of hydrogen-bond donors (Lipinski definition) is 0. The number of fused-ring (bicyclic) bond motifs is 1. The first-order valence-electron chi connectivity index (χ1n) is 8.47. The van der Waals surface area contributed by atoms with Crippen molar-refractivity contribution in [2.24, 2.45) is 5.92 Å². The third kappa shape index (κ3) is 3.67. The van der Waals surface area contributed by atoms with Crippen molar-refractivity contribution in [2.75, 3.05) is 34.2 Å². The maximum Gasteiger partial charge on any atom is 0.257 e. The molecule has 0 aliphatic carbocycles. The average molecular weight is 330 g/mol. The fourth-order valence-corrected chi connectivity index (χ4v) is 3.34. The van der Waals surface area contributed by atoms with Gasteiger partial charge in [0.25, 0.3) is 5.91 Å². The lowest BCUT2D eigenvalue weighted by molar-refractivity contribution is 0.0787. The van der Waals surface area contributed by atoms with Crippen LogP contribution in [0.3, 0.4) is 0 Å². The summed E-state index contributed by atoms with van der Waals surface area (Å²) in [7, 11) is 6.04. The lowest BCUT2D eigenvalue weighted by Crippen LogP contribution is -2.33. The minimum Gasteiger partial charge on any atom is -0.340 e. The second-order valence-electron chi connectivity index (χ2n) is 6.84. The number of aromatic nitrogens is 4. The van der Waals surface area contributed by atoms with Crippen LogP contribution in [0, 0.1) is 5.92 Å². The Morgan fingerprint density at radius 1 is 1.33 bits per heavy atom. The van der Waals surface area contributed by atoms with Crippen LogP contribution in [0.25, 0.3) is 0 Å². The van der Waals surface area contributed by atoms with E-state index >= 15 is 0 Å². The van der Waals surface area contributed by atoms with Gasteiger partial charge in [0.15, 0.2) is 0 Å². The molecule has 0 radical (unpaired) electrons. The highest BCUT2D eigenvalue weighted by atomic mass is 16.2. The van der Waals surface area contributed by atoms with Gasteiger partial charge in [-0.25, -0.2) is 0 Å². The van der Waals surface area contributed by atoms with E-state index in [9.17, 15) is 4.79 Å². The molecule has 130 valence electrons. The van der Waals surface area contributed by atoms with Crippen molar-refractivity contribution in [1.29, 1.82) is 0 Å². The first kappa shape index (κ1) is 16.7. The van der Waals surface area contributed by atoms with Crippen molar-refractivity contribution in [1.82, 2.24) is 29.4 Å². The van der Waals surface area contributed by atoms with Gasteiger partial charge in [-0.2, -0.15) is 10.2 Å². The number of carbonyl (C=O) groups is 1. The zero-order chi connectivity index (χ0) is 17.1. The summed E-state index contributed by atoms with van der Waals surface area (Å²) in [6.07, 6.45) is 7.44. The van der Waals surface area contributed by atoms with Crippen molar-refractivity contribution in [3.05, 3.63) is 35.9 Å². The summed E-state index contributed by atoms with van der Waals surface area (Å²) in [5.74, 6) is 0.638. The normalized spacial score (nSPS) is 17.1. The molecular weight excluding hydrogens is 304 g/mol. The molecule has 0 aromatic carbocycles. The number of aryl methyl sites for hydroxylation is 1. The standard InChI is InChI=1S/C17H26N6O/c1-20(2)13-14-5-8-23-16(11-14)15(12-19-23)17(24)21(3)9-10-22-7-4-6-18-22/h4,6-7,12,14H,5,8-11,13H2,1-3H3/t14-/m1/s1. The second kappa shape index (κ2) is 7.17. The van der Waals surface area contributed by atoms with E-state index in [1.807, 2.05) is 28.7 Å². The van der Waals surface area contributed by atoms with Gasteiger partial charge in [-0.05, 0) is 38.9 Å². The summed E-state index contributed by atoms with van der Waals surface area (Å²) >= 11 is 0. The molecule has 3 heterocycles. The van der Waals surface area contributed by atoms with Crippen LogP contribution in [-0.4, -0.2) is 69.5 Å². The van der Waals surface area contributed by atoms with Gasteiger partial charge in [-0.15, -0.1) is 0 Å². The Kier molecular flexibility index (Phi) is 4.99. The van der Waals surface area contributed by atoms with Gasteiger partial charge in [0.1, 0.15) is 0 Å². The quantitative estimate of drug-likeness (QED) is 0.792. The Balaban J connectivity index is 1.66. The van der Waals surface area contributed by atoms with Gasteiger partial charge in [-0.3, -0.25) is 14.2 Å². The number of amides is 1. The molecule has 3 rings (SSSR count). The van der Waals surface area contributed by atoms with Crippen LogP contribution in [0.15, 0.2) is 24.7 Å². The van der Waals surface area contributed by atoms with Crippen LogP contribution >= 0.6 is 0 Å². The predicted octanol–water partition coefficient (Wildman–Crippen LogP) is 0.976. The van der Waals surface area contributed by atoms with Crippen LogP contribution in [-0.2, 0) is 19.5 Å². The van der Waals surface area contributed by atoms with Crippen LogP contribution in [0.5, 0.6) is 0 Å². The maximum atomic E-state index is 12.8. The van der Waals surface area contributed by atoms with E-state index in [1.165, 1.54) is 0 Å². The van der Waals surface area contributed by atoms with Gasteiger partial charge in [0.05, 0.1) is 24.0 Å². The number of nitrogens with zero attached hydrogens (tertiary/aromatic N) is 6. The molecule has 7 nitrogen and oxygen atoms in total. The molecule has 7 heteroatoms. The van der Waals surface area contributed by atoms with Crippen LogP contribution in [0.2, 0.25) is 0 Å². The first-order chi connectivity index (χ1) is 11.5. The second-order valence-corrected chi connectivity index (χ2v) is 6.84. The molecule has 0 spiro atoms. The third-order valence-electron chi connectivity index (χ3n) is 4.60. The van der Waals surface area contributed by atoms with Gasteiger partial charge < -0.3 is 9.80 Å². The van der Waals surface area contributed by atoms with Crippen molar-refractivity contribution >= 4 is 5.91 Å². The van der Waals surface area contributed by atoms with Gasteiger partial charge >= 0.3 is 0 Å². The highest BCUT2D eigenvalue weighted by Crippen LogP contribution is 2.24. The van der Waals surface area contributed by atoms with E-state index in [2.05, 4.69) is 29.2 Å². The smallest absolute Gasteiger partial charge is 0.257 e. The van der Waals surface area contributed by atoms with Crippen LogP contribution in [0.4, 0.5) is 0 Å². The Morgan fingerprint density at radius 2 is 2.17 bits per heavy atom. The zero-order valence-electron chi connectivity index (χ0n) is 14.7. The average Bonchev–Trinajstić information content (AvgIpc) is 3.20. The Bertz CT molecular complexity index is 675. The summed E-state index contributed by atoms with van der Waals surface area (Å²) < 4.78 is 3.84. The SMILES string of the molecule is CN(C)C[C@@H]1CCn2ncc(C(=O)N(C)CCn3cccn3)c2C1. The van der Waals surface area contributed by atoms with E-state index in [4.69, 9.17) is 0 Å². The van der Waals surface area contributed by atoms with Crippen molar-refractivity contribution in [2.45, 2.75) is 25.9 Å². The molecule has 1 amide bonds. The van der Waals surface area contributed by atoms with E-state index in [0.717, 1.165) is 37.2 Å². The van der Waals surface area contributed by atoms with E-state index < -0.39 is 0 Å². The number of carbonyl (C=O) groups excluding carboxylic acids is 1. The Labute approximate surface area is 142 Å². The zero-order valence-corrected chi connectivity index (χ0v) is 14.7. The van der Waals surface area contributed by atoms with E-state index in [-0.39, 0.29) is 5.91 Å². The van der Waals surface area contributed by atoms with Crippen molar-refractivity contribution < 1.29 is 4.79 Å². The molecule has 0 saturated heterocycles. The number of likely N-dealkylation sites (N-methyl/N-ethyl adjacent to an activating group) is 1. The summed E-state index contributed by atoms with van der Waals surface area (Å²) in [5, 5.41) is 8.60. The number of hydrogen-bond acceptors (Lipinski definition) is 4. The van der Waals surface area contributed by atoms with Crippen molar-refractivity contribution in [3.63, 3.8) is 0 Å². The minimum absolute atomic E-state index is 0.0499. The highest BCUT2D eigenvalue weighted by molar-refractivity contribution is 5.95. The summed E-state index contributed by atoms with van der Waals surface area (Å²) in [6.45, 7) is 3.28. The Hall–Kier alpha value is -2.15. The topological polar surface area (TPSA) is 59.2 Å². The molecular formula is C17H26N6O. The fourth-order valence-electron chi connectivity index (χ4n) is 3.34. The van der Waals surface area contributed by atoms with Gasteiger partial charge in [0.2, 0.25) is 0 Å². The van der Waals surface area contributed by atoms with Gasteiger partial charge in [0, 0.05) is 39.1 Å². The summed E-state index contributed by atoms with van der Waals surface area (Å²) in [6, 6.07) is 1.89. The van der Waals surface area contributed by atoms with Crippen LogP contribution < -0.4 is 0 Å². The molecule has 0 fully saturated rings. The molecule has 0 bridgehead atoms. The monoisotopic (exact) mass is 330 g/mol. The van der Waals surface area contributed by atoms with Gasteiger partial charge in [-0.1, -0.05) is 0 Å².